The molecule has 0 bridgehead atoms. The first-order valence-electron chi connectivity index (χ1n) is 7.91. The van der Waals surface area contributed by atoms with Crippen molar-refractivity contribution in [3.05, 3.63) is 33.8 Å². The van der Waals surface area contributed by atoms with Crippen molar-refractivity contribution in [1.82, 2.24) is 10.2 Å². The summed E-state index contributed by atoms with van der Waals surface area (Å²) in [5.41, 5.74) is 7.04. The van der Waals surface area contributed by atoms with E-state index in [-0.39, 0.29) is 35.8 Å². The Morgan fingerprint density at radius 1 is 1.46 bits per heavy atom. The quantitative estimate of drug-likeness (QED) is 0.819. The molecule has 1 aliphatic rings. The minimum atomic E-state index is -0.160. The molecule has 1 amide bonds. The van der Waals surface area contributed by atoms with Crippen molar-refractivity contribution >= 4 is 41.5 Å². The highest BCUT2D eigenvalue weighted by Gasteiger charge is 2.34. The lowest BCUT2D eigenvalue weighted by Crippen LogP contribution is -2.54. The Balaban J connectivity index is 0.00000288. The van der Waals surface area contributed by atoms with Crippen LogP contribution in [-0.4, -0.2) is 36.5 Å². The molecule has 0 aromatic heterocycles. The van der Waals surface area contributed by atoms with Crippen molar-refractivity contribution in [2.24, 2.45) is 11.1 Å². The normalized spacial score (nSPS) is 21.7. The molecule has 1 fully saturated rings. The second-order valence-electron chi connectivity index (χ2n) is 7.05. The van der Waals surface area contributed by atoms with E-state index in [1.165, 1.54) is 0 Å². The zero-order valence-electron chi connectivity index (χ0n) is 14.3. The highest BCUT2D eigenvalue weighted by molar-refractivity contribution is 6.35. The zero-order valence-corrected chi connectivity index (χ0v) is 16.6. The molecule has 1 aromatic rings. The summed E-state index contributed by atoms with van der Waals surface area (Å²) in [7, 11) is 0. The van der Waals surface area contributed by atoms with Gasteiger partial charge in [-0.15, -0.1) is 12.4 Å². The van der Waals surface area contributed by atoms with E-state index in [2.05, 4.69) is 24.1 Å². The number of rotatable bonds is 4. The van der Waals surface area contributed by atoms with Crippen LogP contribution in [0.5, 0.6) is 0 Å². The summed E-state index contributed by atoms with van der Waals surface area (Å²) in [5, 5.41) is 4.16. The molecule has 24 heavy (non-hydrogen) atoms. The number of nitrogens with zero attached hydrogens (tertiary/aromatic N) is 1. The van der Waals surface area contributed by atoms with Gasteiger partial charge in [-0.05, 0) is 36.5 Å². The van der Waals surface area contributed by atoms with Gasteiger partial charge in [0.05, 0.1) is 12.6 Å². The van der Waals surface area contributed by atoms with Crippen LogP contribution >= 0.6 is 35.6 Å². The molecule has 0 saturated carbocycles. The lowest BCUT2D eigenvalue weighted by atomic mass is 9.80. The number of nitrogens with one attached hydrogen (secondary N) is 1. The number of hydrogen-bond donors (Lipinski definition) is 2. The van der Waals surface area contributed by atoms with Gasteiger partial charge in [-0.2, -0.15) is 0 Å². The number of amides is 1. The predicted molar refractivity (Wildman–Crippen MR) is 103 cm³/mol. The van der Waals surface area contributed by atoms with Crippen molar-refractivity contribution in [3.8, 4) is 0 Å². The summed E-state index contributed by atoms with van der Waals surface area (Å²) >= 11 is 12.1. The number of nitrogens with two attached hydrogens (primary N) is 1. The highest BCUT2D eigenvalue weighted by atomic mass is 35.5. The number of carbonyl (C=O) groups excluding carboxylic acids is 1. The summed E-state index contributed by atoms with van der Waals surface area (Å²) in [6.45, 7) is 8.29. The van der Waals surface area contributed by atoms with E-state index in [1.807, 2.05) is 13.0 Å². The van der Waals surface area contributed by atoms with E-state index in [0.29, 0.717) is 16.6 Å². The Hall–Kier alpha value is -0.520. The van der Waals surface area contributed by atoms with Crippen LogP contribution < -0.4 is 11.1 Å². The first kappa shape index (κ1) is 21.5. The Kier molecular flexibility index (Phi) is 7.82. The smallest absolute Gasteiger partial charge is 0.234 e. The van der Waals surface area contributed by atoms with Gasteiger partial charge in [-0.1, -0.05) is 43.1 Å². The second-order valence-corrected chi connectivity index (χ2v) is 7.89. The molecule has 4 nitrogen and oxygen atoms in total. The first-order valence-corrected chi connectivity index (χ1v) is 8.67. The Morgan fingerprint density at radius 2 is 2.12 bits per heavy atom. The topological polar surface area (TPSA) is 58.4 Å². The van der Waals surface area contributed by atoms with Crippen LogP contribution in [-0.2, 0) is 4.79 Å². The minimum Gasteiger partial charge on any atom is -0.348 e. The van der Waals surface area contributed by atoms with Crippen LogP contribution in [0, 0.1) is 5.41 Å². The largest absolute Gasteiger partial charge is 0.348 e. The van der Waals surface area contributed by atoms with Gasteiger partial charge in [0, 0.05) is 29.2 Å². The SMILES string of the molecule is CC(NC(=O)CN1CCC(N)C(C)(C)C1)c1ccc(Cl)cc1Cl.Cl. The van der Waals surface area contributed by atoms with Crippen molar-refractivity contribution in [3.63, 3.8) is 0 Å². The third-order valence-corrected chi connectivity index (χ3v) is 5.13. The molecular formula is C17H26Cl3N3O. The molecule has 0 aliphatic carbocycles. The Labute approximate surface area is 160 Å². The molecule has 7 heteroatoms. The number of benzene rings is 1. The molecule has 2 unspecified atom stereocenters. The molecule has 2 rings (SSSR count). The second kappa shape index (κ2) is 8.72. The summed E-state index contributed by atoms with van der Waals surface area (Å²) in [4.78, 5) is 14.5. The van der Waals surface area contributed by atoms with Gasteiger partial charge in [0.25, 0.3) is 0 Å². The van der Waals surface area contributed by atoms with Crippen LogP contribution in [0.15, 0.2) is 18.2 Å². The lowest BCUT2D eigenvalue weighted by molar-refractivity contribution is -0.123. The molecule has 1 saturated heterocycles. The van der Waals surface area contributed by atoms with E-state index in [0.717, 1.165) is 25.1 Å². The Bertz CT molecular complexity index is 580. The van der Waals surface area contributed by atoms with E-state index in [9.17, 15) is 4.79 Å². The molecular weight excluding hydrogens is 369 g/mol. The Morgan fingerprint density at radius 3 is 2.71 bits per heavy atom. The van der Waals surface area contributed by atoms with Crippen molar-refractivity contribution in [2.45, 2.75) is 39.3 Å². The van der Waals surface area contributed by atoms with Crippen LogP contribution in [0.3, 0.4) is 0 Å². The molecule has 0 radical (unpaired) electrons. The molecule has 1 aromatic carbocycles. The molecule has 1 aliphatic heterocycles. The van der Waals surface area contributed by atoms with E-state index < -0.39 is 0 Å². The maximum atomic E-state index is 12.3. The fourth-order valence-electron chi connectivity index (χ4n) is 3.04. The average Bonchev–Trinajstić information content (AvgIpc) is 2.42. The van der Waals surface area contributed by atoms with E-state index in [4.69, 9.17) is 28.9 Å². The predicted octanol–water partition coefficient (Wildman–Crippen LogP) is 3.65. The summed E-state index contributed by atoms with van der Waals surface area (Å²) < 4.78 is 0. The van der Waals surface area contributed by atoms with Gasteiger partial charge in [0.1, 0.15) is 0 Å². The summed E-state index contributed by atoms with van der Waals surface area (Å²) in [6.07, 6.45) is 0.916. The highest BCUT2D eigenvalue weighted by Crippen LogP contribution is 2.28. The van der Waals surface area contributed by atoms with Crippen LogP contribution in [0.25, 0.3) is 0 Å². The monoisotopic (exact) mass is 393 g/mol. The van der Waals surface area contributed by atoms with Gasteiger partial charge in [-0.3, -0.25) is 9.69 Å². The number of piperidine rings is 1. The maximum absolute atomic E-state index is 12.3. The van der Waals surface area contributed by atoms with Gasteiger partial charge in [0.15, 0.2) is 0 Å². The third kappa shape index (κ3) is 5.50. The van der Waals surface area contributed by atoms with Gasteiger partial charge >= 0.3 is 0 Å². The lowest BCUT2D eigenvalue weighted by Gasteiger charge is -2.42. The van der Waals surface area contributed by atoms with E-state index in [1.54, 1.807) is 12.1 Å². The van der Waals surface area contributed by atoms with Crippen molar-refractivity contribution in [1.29, 1.82) is 0 Å². The molecule has 0 spiro atoms. The minimum absolute atomic E-state index is 0. The summed E-state index contributed by atoms with van der Waals surface area (Å²) in [5.74, 6) is -0.00483. The molecule has 3 N–H and O–H groups in total. The van der Waals surface area contributed by atoms with Crippen LogP contribution in [0.1, 0.15) is 38.8 Å². The average molecular weight is 395 g/mol. The van der Waals surface area contributed by atoms with E-state index >= 15 is 0 Å². The number of likely N-dealkylation sites (tertiary alicyclic amines) is 1. The van der Waals surface area contributed by atoms with Crippen molar-refractivity contribution < 1.29 is 4.79 Å². The number of carbonyl (C=O) groups is 1. The maximum Gasteiger partial charge on any atom is 0.234 e. The molecule has 1 heterocycles. The number of hydrogen-bond acceptors (Lipinski definition) is 3. The van der Waals surface area contributed by atoms with Crippen LogP contribution in [0.4, 0.5) is 0 Å². The van der Waals surface area contributed by atoms with Crippen LogP contribution in [0.2, 0.25) is 10.0 Å². The molecule has 136 valence electrons. The van der Waals surface area contributed by atoms with Gasteiger partial charge in [-0.25, -0.2) is 0 Å². The first-order chi connectivity index (χ1) is 10.7. The zero-order chi connectivity index (χ0) is 17.2. The summed E-state index contributed by atoms with van der Waals surface area (Å²) in [6, 6.07) is 5.34. The fourth-order valence-corrected chi connectivity index (χ4v) is 3.61. The van der Waals surface area contributed by atoms with Crippen molar-refractivity contribution in [2.75, 3.05) is 19.6 Å². The van der Waals surface area contributed by atoms with Gasteiger partial charge < -0.3 is 11.1 Å². The fraction of sp³-hybridized carbons (Fsp3) is 0.588. The standard InChI is InChI=1S/C17H25Cl2N3O.ClH/c1-11(13-5-4-12(18)8-14(13)19)21-16(23)9-22-7-6-15(20)17(2,3)10-22;/h4-5,8,11,15H,6-7,9-10,20H2,1-3H3,(H,21,23);1H. The molecule has 2 atom stereocenters. The number of halogens is 3. The third-order valence-electron chi connectivity index (χ3n) is 4.56. The van der Waals surface area contributed by atoms with Gasteiger partial charge in [0.2, 0.25) is 5.91 Å².